The highest BCUT2D eigenvalue weighted by Crippen LogP contribution is 2.19. The second-order valence-electron chi connectivity index (χ2n) is 4.23. The maximum atomic E-state index is 5.98. The highest BCUT2D eigenvalue weighted by atomic mass is 35.5. The summed E-state index contributed by atoms with van der Waals surface area (Å²) in [6.45, 7) is 1.06. The van der Waals surface area contributed by atoms with Gasteiger partial charge < -0.3 is 5.32 Å². The monoisotopic (exact) mass is 280 g/mol. The van der Waals surface area contributed by atoms with Gasteiger partial charge in [0.05, 0.1) is 5.01 Å². The quantitative estimate of drug-likeness (QED) is 0.819. The Balaban J connectivity index is 1.94. The number of benzene rings is 1. The van der Waals surface area contributed by atoms with Gasteiger partial charge in [-0.3, -0.25) is 0 Å². The van der Waals surface area contributed by atoms with Crippen molar-refractivity contribution in [3.63, 3.8) is 0 Å². The Morgan fingerprint density at radius 1 is 1.39 bits per heavy atom. The van der Waals surface area contributed by atoms with Crippen molar-refractivity contribution in [2.24, 2.45) is 0 Å². The van der Waals surface area contributed by atoms with Gasteiger partial charge in [0, 0.05) is 22.5 Å². The molecule has 1 N–H and O–H groups in total. The van der Waals surface area contributed by atoms with Gasteiger partial charge in [0.25, 0.3) is 0 Å². The van der Waals surface area contributed by atoms with Crippen LogP contribution in [0.4, 0.5) is 0 Å². The van der Waals surface area contributed by atoms with Crippen LogP contribution in [0.25, 0.3) is 0 Å². The molecule has 18 heavy (non-hydrogen) atoms. The van der Waals surface area contributed by atoms with E-state index >= 15 is 0 Å². The molecule has 0 fully saturated rings. The first-order valence-electron chi connectivity index (χ1n) is 6.10. The number of aryl methyl sites for hydroxylation is 1. The second-order valence-corrected chi connectivity index (χ2v) is 5.87. The van der Waals surface area contributed by atoms with E-state index in [-0.39, 0.29) is 0 Å². The lowest BCUT2D eigenvalue weighted by Crippen LogP contribution is -2.07. The molecular weight excluding hydrogens is 264 g/mol. The lowest BCUT2D eigenvalue weighted by molar-refractivity contribution is 0.729. The highest BCUT2D eigenvalue weighted by molar-refractivity contribution is 7.11. The van der Waals surface area contributed by atoms with Crippen molar-refractivity contribution in [3.05, 3.63) is 50.9 Å². The van der Waals surface area contributed by atoms with E-state index in [0.29, 0.717) is 0 Å². The molecule has 0 spiro atoms. The summed E-state index contributed by atoms with van der Waals surface area (Å²) >= 11 is 7.78. The van der Waals surface area contributed by atoms with Crippen LogP contribution in [0.5, 0.6) is 0 Å². The fourth-order valence-electron chi connectivity index (χ4n) is 1.81. The summed E-state index contributed by atoms with van der Waals surface area (Å²) in [6.07, 6.45) is 5.14. The number of hydrogen-bond donors (Lipinski definition) is 1. The van der Waals surface area contributed by atoms with Crippen molar-refractivity contribution >= 4 is 22.9 Å². The van der Waals surface area contributed by atoms with Crippen LogP contribution in [-0.2, 0) is 12.8 Å². The van der Waals surface area contributed by atoms with Gasteiger partial charge >= 0.3 is 0 Å². The predicted molar refractivity (Wildman–Crippen MR) is 78.6 cm³/mol. The standard InChI is InChI=1S/C14H17ClN2S/c1-16-7-3-6-13-10-17-14(18-13)9-11-4-2-5-12(15)8-11/h2,4-5,8,10,16H,3,6-7,9H2,1H3. The summed E-state index contributed by atoms with van der Waals surface area (Å²) in [7, 11) is 1.98. The first-order valence-corrected chi connectivity index (χ1v) is 7.30. The molecular formula is C14H17ClN2S. The smallest absolute Gasteiger partial charge is 0.0971 e. The largest absolute Gasteiger partial charge is 0.320 e. The summed E-state index contributed by atoms with van der Waals surface area (Å²) < 4.78 is 0. The summed E-state index contributed by atoms with van der Waals surface area (Å²) in [6, 6.07) is 7.98. The number of rotatable bonds is 6. The highest BCUT2D eigenvalue weighted by Gasteiger charge is 2.03. The van der Waals surface area contributed by atoms with Gasteiger partial charge in [-0.2, -0.15) is 0 Å². The van der Waals surface area contributed by atoms with Crippen molar-refractivity contribution in [1.29, 1.82) is 0 Å². The number of nitrogens with one attached hydrogen (secondary N) is 1. The van der Waals surface area contributed by atoms with Crippen LogP contribution in [0.15, 0.2) is 30.5 Å². The Hall–Kier alpha value is -0.900. The molecule has 1 aromatic heterocycles. The molecule has 0 aliphatic rings. The minimum absolute atomic E-state index is 0.790. The van der Waals surface area contributed by atoms with Crippen LogP contribution >= 0.6 is 22.9 Å². The lowest BCUT2D eigenvalue weighted by Gasteiger charge is -1.98. The van der Waals surface area contributed by atoms with E-state index < -0.39 is 0 Å². The van der Waals surface area contributed by atoms with Gasteiger partial charge in [0.1, 0.15) is 0 Å². The predicted octanol–water partition coefficient (Wildman–Crippen LogP) is 3.54. The molecule has 0 atom stereocenters. The van der Waals surface area contributed by atoms with E-state index in [1.165, 1.54) is 10.4 Å². The number of thiazole rings is 1. The zero-order chi connectivity index (χ0) is 12.8. The topological polar surface area (TPSA) is 24.9 Å². The summed E-state index contributed by atoms with van der Waals surface area (Å²) in [5.41, 5.74) is 1.22. The van der Waals surface area contributed by atoms with Crippen molar-refractivity contribution in [1.82, 2.24) is 10.3 Å². The Bertz CT molecular complexity index is 496. The number of nitrogens with zero attached hydrogens (tertiary/aromatic N) is 1. The molecule has 0 aliphatic heterocycles. The Kier molecular flexibility index (Phi) is 5.17. The number of hydrogen-bond acceptors (Lipinski definition) is 3. The Labute approximate surface area is 117 Å². The zero-order valence-electron chi connectivity index (χ0n) is 10.4. The van der Waals surface area contributed by atoms with Crippen LogP contribution in [0.1, 0.15) is 21.9 Å². The van der Waals surface area contributed by atoms with Gasteiger partial charge in [-0.05, 0) is 44.1 Å². The molecule has 1 heterocycles. The van der Waals surface area contributed by atoms with E-state index in [1.54, 1.807) is 11.3 Å². The number of aromatic nitrogens is 1. The molecule has 0 amide bonds. The normalized spacial score (nSPS) is 10.8. The summed E-state index contributed by atoms with van der Waals surface area (Å²) in [5, 5.41) is 5.11. The minimum Gasteiger partial charge on any atom is -0.320 e. The van der Waals surface area contributed by atoms with Crippen LogP contribution < -0.4 is 5.32 Å². The maximum Gasteiger partial charge on any atom is 0.0971 e. The van der Waals surface area contributed by atoms with E-state index in [0.717, 1.165) is 35.8 Å². The summed E-state index contributed by atoms with van der Waals surface area (Å²) in [5.74, 6) is 0. The molecule has 0 unspecified atom stereocenters. The van der Waals surface area contributed by atoms with Crippen LogP contribution in [-0.4, -0.2) is 18.6 Å². The molecule has 2 rings (SSSR count). The Morgan fingerprint density at radius 2 is 2.28 bits per heavy atom. The fraction of sp³-hybridized carbons (Fsp3) is 0.357. The number of halogens is 1. The van der Waals surface area contributed by atoms with E-state index in [2.05, 4.69) is 16.4 Å². The molecule has 4 heteroatoms. The SMILES string of the molecule is CNCCCc1cnc(Cc2cccc(Cl)c2)s1. The molecule has 96 valence electrons. The second kappa shape index (κ2) is 6.88. The Morgan fingerprint density at radius 3 is 3.06 bits per heavy atom. The first-order chi connectivity index (χ1) is 8.78. The van der Waals surface area contributed by atoms with E-state index in [4.69, 9.17) is 11.6 Å². The molecule has 0 radical (unpaired) electrons. The molecule has 0 saturated heterocycles. The third-order valence-electron chi connectivity index (χ3n) is 2.70. The first kappa shape index (κ1) is 13.5. The van der Waals surface area contributed by atoms with Crippen molar-refractivity contribution in [3.8, 4) is 0 Å². The molecule has 0 saturated carbocycles. The third kappa shape index (κ3) is 4.09. The maximum absolute atomic E-state index is 5.98. The minimum atomic E-state index is 0.790. The van der Waals surface area contributed by atoms with E-state index in [9.17, 15) is 0 Å². The van der Waals surface area contributed by atoms with Crippen LogP contribution in [0, 0.1) is 0 Å². The van der Waals surface area contributed by atoms with Gasteiger partial charge in [-0.1, -0.05) is 23.7 Å². The van der Waals surface area contributed by atoms with Gasteiger partial charge in [0.15, 0.2) is 0 Å². The van der Waals surface area contributed by atoms with Crippen LogP contribution in [0.2, 0.25) is 5.02 Å². The van der Waals surface area contributed by atoms with Gasteiger partial charge in [0.2, 0.25) is 0 Å². The van der Waals surface area contributed by atoms with Crippen molar-refractivity contribution in [2.45, 2.75) is 19.3 Å². The molecule has 0 aliphatic carbocycles. The van der Waals surface area contributed by atoms with Gasteiger partial charge in [-0.25, -0.2) is 4.98 Å². The lowest BCUT2D eigenvalue weighted by atomic mass is 10.2. The fourth-order valence-corrected chi connectivity index (χ4v) is 3.02. The third-order valence-corrected chi connectivity index (χ3v) is 3.99. The average molecular weight is 281 g/mol. The summed E-state index contributed by atoms with van der Waals surface area (Å²) in [4.78, 5) is 5.84. The average Bonchev–Trinajstić information content (AvgIpc) is 2.77. The van der Waals surface area contributed by atoms with Crippen molar-refractivity contribution < 1.29 is 0 Å². The van der Waals surface area contributed by atoms with E-state index in [1.807, 2.05) is 31.4 Å². The zero-order valence-corrected chi connectivity index (χ0v) is 12.0. The van der Waals surface area contributed by atoms with Gasteiger partial charge in [-0.15, -0.1) is 11.3 Å². The molecule has 1 aromatic carbocycles. The van der Waals surface area contributed by atoms with Crippen molar-refractivity contribution in [2.75, 3.05) is 13.6 Å². The molecule has 0 bridgehead atoms. The molecule has 2 aromatic rings. The molecule has 2 nitrogen and oxygen atoms in total. The van der Waals surface area contributed by atoms with Crippen LogP contribution in [0.3, 0.4) is 0 Å².